The van der Waals surface area contributed by atoms with E-state index in [1.54, 1.807) is 36.7 Å². The molecule has 0 saturated heterocycles. The van der Waals surface area contributed by atoms with Crippen molar-refractivity contribution in [3.05, 3.63) is 53.9 Å². The number of aliphatic carboxylic acids is 1. The zero-order valence-corrected chi connectivity index (χ0v) is 17.0. The zero-order valence-electron chi connectivity index (χ0n) is 17.0. The molecule has 0 saturated carbocycles. The number of rotatable bonds is 8. The number of carboxylic acids is 1. The number of carboxylic acid groups (broad SMARTS) is 1. The molecule has 0 amide bonds. The molecular formula is C22H22N4O5. The minimum Gasteiger partial charge on any atom is -0.507 e. The summed E-state index contributed by atoms with van der Waals surface area (Å²) in [5.74, 6) is 1.38. The van der Waals surface area contributed by atoms with Crippen molar-refractivity contribution < 1.29 is 24.5 Å². The summed E-state index contributed by atoms with van der Waals surface area (Å²) in [4.78, 5) is 26.0. The molecule has 1 aromatic heterocycles. The second-order valence-corrected chi connectivity index (χ2v) is 6.94. The first kappa shape index (κ1) is 20.4. The lowest BCUT2D eigenvalue weighted by atomic mass is 10.1. The van der Waals surface area contributed by atoms with Crippen molar-refractivity contribution in [2.45, 2.75) is 12.8 Å². The minimum absolute atomic E-state index is 0.0275. The van der Waals surface area contributed by atoms with Crippen LogP contribution in [0.1, 0.15) is 24.0 Å². The van der Waals surface area contributed by atoms with E-state index in [0.717, 1.165) is 11.4 Å². The Morgan fingerprint density at radius 1 is 1.29 bits per heavy atom. The van der Waals surface area contributed by atoms with Crippen LogP contribution in [-0.4, -0.2) is 64.5 Å². The van der Waals surface area contributed by atoms with Gasteiger partial charge < -0.3 is 24.6 Å². The van der Waals surface area contributed by atoms with E-state index < -0.39 is 5.97 Å². The van der Waals surface area contributed by atoms with Gasteiger partial charge in [-0.1, -0.05) is 0 Å². The number of benzene rings is 1. The Morgan fingerprint density at radius 3 is 2.90 bits per heavy atom. The van der Waals surface area contributed by atoms with E-state index in [9.17, 15) is 9.90 Å². The van der Waals surface area contributed by atoms with Gasteiger partial charge in [-0.25, -0.2) is 4.99 Å². The topological polar surface area (TPSA) is 117 Å². The molecule has 4 rings (SSSR count). The molecule has 0 spiro atoms. The highest BCUT2D eigenvalue weighted by Crippen LogP contribution is 2.43. The number of amidine groups is 2. The molecule has 31 heavy (non-hydrogen) atoms. The van der Waals surface area contributed by atoms with Crippen molar-refractivity contribution in [2.75, 3.05) is 26.8 Å². The molecule has 2 aliphatic rings. The molecule has 2 aromatic rings. The first-order chi connectivity index (χ1) is 15.1. The van der Waals surface area contributed by atoms with E-state index in [0.29, 0.717) is 48.1 Å². The summed E-state index contributed by atoms with van der Waals surface area (Å²) >= 11 is 0. The van der Waals surface area contributed by atoms with Gasteiger partial charge in [0, 0.05) is 42.6 Å². The number of carbonyl (C=O) groups is 1. The van der Waals surface area contributed by atoms with Crippen LogP contribution in [0, 0.1) is 0 Å². The monoisotopic (exact) mass is 422 g/mol. The molecule has 9 heteroatoms. The number of pyridine rings is 1. The van der Waals surface area contributed by atoms with Gasteiger partial charge in [-0.05, 0) is 30.7 Å². The molecule has 3 heterocycles. The van der Waals surface area contributed by atoms with Gasteiger partial charge in [-0.15, -0.1) is 0 Å². The van der Waals surface area contributed by atoms with Gasteiger partial charge in [0.05, 0.1) is 20.3 Å². The minimum atomic E-state index is -0.866. The smallest absolute Gasteiger partial charge is 0.303 e. The van der Waals surface area contributed by atoms with Crippen molar-refractivity contribution >= 4 is 29.1 Å². The third-order valence-corrected chi connectivity index (χ3v) is 4.90. The predicted octanol–water partition coefficient (Wildman–Crippen LogP) is 3.04. The molecule has 0 atom stereocenters. The van der Waals surface area contributed by atoms with Gasteiger partial charge >= 0.3 is 5.97 Å². The summed E-state index contributed by atoms with van der Waals surface area (Å²) in [6, 6.07) is 7.16. The second kappa shape index (κ2) is 8.86. The van der Waals surface area contributed by atoms with E-state index in [1.165, 1.54) is 7.11 Å². The quantitative estimate of drug-likeness (QED) is 0.496. The molecule has 2 aliphatic heterocycles. The molecule has 0 fully saturated rings. The van der Waals surface area contributed by atoms with Crippen molar-refractivity contribution in [3.63, 3.8) is 0 Å². The Bertz CT molecular complexity index is 1080. The van der Waals surface area contributed by atoms with Crippen LogP contribution in [0.15, 0.2) is 52.7 Å². The van der Waals surface area contributed by atoms with Gasteiger partial charge in [0.15, 0.2) is 11.5 Å². The largest absolute Gasteiger partial charge is 0.507 e. The summed E-state index contributed by atoms with van der Waals surface area (Å²) in [5, 5.41) is 19.4. The van der Waals surface area contributed by atoms with E-state index in [2.05, 4.69) is 9.98 Å². The number of aliphatic hydroxyl groups is 1. The Kier molecular flexibility index (Phi) is 5.83. The van der Waals surface area contributed by atoms with Crippen LogP contribution in [0.3, 0.4) is 0 Å². The van der Waals surface area contributed by atoms with Crippen LogP contribution in [-0.2, 0) is 4.79 Å². The lowest BCUT2D eigenvalue weighted by Gasteiger charge is -2.27. The van der Waals surface area contributed by atoms with Crippen molar-refractivity contribution in [3.8, 4) is 11.5 Å². The summed E-state index contributed by atoms with van der Waals surface area (Å²) in [7, 11) is 1.53. The van der Waals surface area contributed by atoms with Crippen LogP contribution < -0.4 is 9.47 Å². The maximum atomic E-state index is 10.7. The third kappa shape index (κ3) is 4.20. The number of fused-ring (bicyclic) bond motifs is 3. The number of nitrogens with zero attached hydrogens (tertiary/aromatic N) is 4. The standard InChI is InChI=1S/C22H22N4O5/c1-30-21-17(31-11-3-5-19(28)29)7-6-15-20(21)25-18(26-10-9-24-22(15)26)12-16(27)14-4-2-8-23-13-14/h2,4,6-8,12-13,27H,3,5,9-11H2,1H3,(H,28,29). The Labute approximate surface area is 179 Å². The van der Waals surface area contributed by atoms with Crippen LogP contribution in [0.4, 0.5) is 5.69 Å². The number of ether oxygens (including phenoxy) is 2. The average molecular weight is 422 g/mol. The van der Waals surface area contributed by atoms with E-state index >= 15 is 0 Å². The summed E-state index contributed by atoms with van der Waals surface area (Å²) < 4.78 is 11.4. The van der Waals surface area contributed by atoms with Gasteiger partial charge in [-0.2, -0.15) is 0 Å². The van der Waals surface area contributed by atoms with Gasteiger partial charge in [-0.3, -0.25) is 14.8 Å². The molecule has 2 N–H and O–H groups in total. The molecule has 160 valence electrons. The summed E-state index contributed by atoms with van der Waals surface area (Å²) in [6.07, 6.45) is 5.21. The first-order valence-electron chi connectivity index (χ1n) is 9.86. The van der Waals surface area contributed by atoms with Crippen LogP contribution in [0.5, 0.6) is 11.5 Å². The summed E-state index contributed by atoms with van der Waals surface area (Å²) in [6.45, 7) is 1.51. The van der Waals surface area contributed by atoms with Gasteiger partial charge in [0.1, 0.15) is 23.1 Å². The van der Waals surface area contributed by atoms with E-state index in [4.69, 9.17) is 19.6 Å². The molecule has 0 aliphatic carbocycles. The lowest BCUT2D eigenvalue weighted by Crippen LogP contribution is -2.36. The van der Waals surface area contributed by atoms with E-state index in [1.807, 2.05) is 11.0 Å². The number of aliphatic hydroxyl groups excluding tert-OH is 1. The van der Waals surface area contributed by atoms with Crippen LogP contribution in [0.25, 0.3) is 5.76 Å². The van der Waals surface area contributed by atoms with Crippen molar-refractivity contribution in [2.24, 2.45) is 9.98 Å². The molecular weight excluding hydrogens is 400 g/mol. The highest BCUT2D eigenvalue weighted by Gasteiger charge is 2.31. The number of aliphatic imine (C=N–C) groups is 2. The Hall–Kier alpha value is -3.88. The fourth-order valence-corrected chi connectivity index (χ4v) is 3.47. The fraction of sp³-hybridized carbons (Fsp3) is 0.273. The summed E-state index contributed by atoms with van der Waals surface area (Å²) in [5.41, 5.74) is 1.95. The highest BCUT2D eigenvalue weighted by atomic mass is 16.5. The third-order valence-electron chi connectivity index (χ3n) is 4.90. The highest BCUT2D eigenvalue weighted by molar-refractivity contribution is 6.20. The van der Waals surface area contributed by atoms with Gasteiger partial charge in [0.2, 0.25) is 0 Å². The number of hydrogen-bond acceptors (Lipinski definition) is 8. The average Bonchev–Trinajstić information content (AvgIpc) is 3.27. The normalized spacial score (nSPS) is 15.0. The maximum Gasteiger partial charge on any atom is 0.303 e. The second-order valence-electron chi connectivity index (χ2n) is 6.94. The zero-order chi connectivity index (χ0) is 21.8. The number of aromatic nitrogens is 1. The molecule has 9 nitrogen and oxygen atoms in total. The predicted molar refractivity (Wildman–Crippen MR) is 115 cm³/mol. The maximum absolute atomic E-state index is 10.7. The fourth-order valence-electron chi connectivity index (χ4n) is 3.47. The Balaban J connectivity index is 1.70. The number of methoxy groups -OCH3 is 1. The van der Waals surface area contributed by atoms with Gasteiger partial charge in [0.25, 0.3) is 0 Å². The molecule has 0 radical (unpaired) electrons. The molecule has 0 bridgehead atoms. The first-order valence-corrected chi connectivity index (χ1v) is 9.86. The lowest BCUT2D eigenvalue weighted by molar-refractivity contribution is -0.137. The molecule has 1 aromatic carbocycles. The van der Waals surface area contributed by atoms with E-state index in [-0.39, 0.29) is 18.8 Å². The number of hydrogen-bond donors (Lipinski definition) is 2. The Morgan fingerprint density at radius 2 is 2.16 bits per heavy atom. The van der Waals surface area contributed by atoms with Crippen molar-refractivity contribution in [1.29, 1.82) is 0 Å². The molecule has 0 unspecified atom stereocenters. The SMILES string of the molecule is COc1c(OCCCC(=O)O)ccc2c1N=C(C=C(O)c1cccnc1)N1CCN=C21. The van der Waals surface area contributed by atoms with Crippen LogP contribution in [0.2, 0.25) is 0 Å². The van der Waals surface area contributed by atoms with Crippen LogP contribution >= 0.6 is 0 Å². The van der Waals surface area contributed by atoms with Crippen molar-refractivity contribution in [1.82, 2.24) is 9.88 Å².